The molecular formula is C14H9Cl2N3S2. The largest absolute Gasteiger partial charge is 0.231 e. The number of hydrogen-bond acceptors (Lipinski definition) is 5. The molecule has 0 fully saturated rings. The molecule has 0 amide bonds. The lowest BCUT2D eigenvalue weighted by atomic mass is 10.1. The van der Waals surface area contributed by atoms with Crippen LogP contribution < -0.4 is 0 Å². The number of halogens is 2. The zero-order chi connectivity index (χ0) is 14.8. The second kappa shape index (κ2) is 6.32. The maximum Gasteiger partial charge on any atom is 0.187 e. The van der Waals surface area contributed by atoms with E-state index in [1.807, 2.05) is 36.6 Å². The highest BCUT2D eigenvalue weighted by Gasteiger charge is 2.16. The Morgan fingerprint density at radius 3 is 2.76 bits per heavy atom. The van der Waals surface area contributed by atoms with Crippen molar-refractivity contribution in [3.8, 4) is 21.8 Å². The molecule has 2 aromatic heterocycles. The molecule has 0 saturated carbocycles. The third kappa shape index (κ3) is 3.21. The standard InChI is InChI=1S/C14H9Cl2N3S2/c1-20-14-17-6-5-10(18-14)12-11(19-13(16)21-12)8-3-2-4-9(15)7-8/h2-7H,1H3. The van der Waals surface area contributed by atoms with Gasteiger partial charge in [0.25, 0.3) is 0 Å². The summed E-state index contributed by atoms with van der Waals surface area (Å²) >= 11 is 15.1. The maximum atomic E-state index is 6.10. The van der Waals surface area contributed by atoms with Gasteiger partial charge >= 0.3 is 0 Å². The summed E-state index contributed by atoms with van der Waals surface area (Å²) in [5.41, 5.74) is 2.52. The van der Waals surface area contributed by atoms with Crippen LogP contribution in [-0.2, 0) is 0 Å². The predicted octanol–water partition coefficient (Wildman–Crippen LogP) is 5.30. The number of thiazole rings is 1. The van der Waals surface area contributed by atoms with Crippen molar-refractivity contribution in [2.24, 2.45) is 0 Å². The van der Waals surface area contributed by atoms with E-state index in [-0.39, 0.29) is 0 Å². The molecule has 1 aromatic carbocycles. The van der Waals surface area contributed by atoms with Crippen molar-refractivity contribution in [1.82, 2.24) is 15.0 Å². The molecule has 0 aliphatic rings. The van der Waals surface area contributed by atoms with Gasteiger partial charge in [0.15, 0.2) is 9.62 Å². The molecule has 0 bridgehead atoms. The Bertz CT molecular complexity index is 789. The molecule has 0 aliphatic heterocycles. The van der Waals surface area contributed by atoms with Gasteiger partial charge in [0.05, 0.1) is 16.3 Å². The summed E-state index contributed by atoms with van der Waals surface area (Å²) in [4.78, 5) is 14.0. The fourth-order valence-electron chi connectivity index (χ4n) is 1.86. The first-order valence-electron chi connectivity index (χ1n) is 5.97. The topological polar surface area (TPSA) is 38.7 Å². The van der Waals surface area contributed by atoms with E-state index in [4.69, 9.17) is 23.2 Å². The Morgan fingerprint density at radius 2 is 2.00 bits per heavy atom. The molecule has 0 radical (unpaired) electrons. The van der Waals surface area contributed by atoms with Gasteiger partial charge < -0.3 is 0 Å². The van der Waals surface area contributed by atoms with Gasteiger partial charge in [-0.25, -0.2) is 15.0 Å². The lowest BCUT2D eigenvalue weighted by Crippen LogP contribution is -1.89. The summed E-state index contributed by atoms with van der Waals surface area (Å²) in [6, 6.07) is 9.40. The smallest absolute Gasteiger partial charge is 0.187 e. The highest BCUT2D eigenvalue weighted by Crippen LogP contribution is 2.38. The van der Waals surface area contributed by atoms with Crippen molar-refractivity contribution in [1.29, 1.82) is 0 Å². The number of hydrogen-bond donors (Lipinski definition) is 0. The highest BCUT2D eigenvalue weighted by atomic mass is 35.5. The molecule has 0 saturated heterocycles. The second-order valence-corrected chi connectivity index (χ2v) is 6.87. The Hall–Kier alpha value is -1.14. The van der Waals surface area contributed by atoms with E-state index in [9.17, 15) is 0 Å². The van der Waals surface area contributed by atoms with Gasteiger partial charge in [-0.1, -0.05) is 47.1 Å². The van der Waals surface area contributed by atoms with Crippen LogP contribution in [0.1, 0.15) is 0 Å². The first kappa shape index (κ1) is 14.8. The Balaban J connectivity index is 2.15. The van der Waals surface area contributed by atoms with E-state index in [2.05, 4.69) is 15.0 Å². The summed E-state index contributed by atoms with van der Waals surface area (Å²) in [5.74, 6) is 0. The van der Waals surface area contributed by atoms with E-state index in [0.717, 1.165) is 21.8 Å². The quantitative estimate of drug-likeness (QED) is 0.473. The summed E-state index contributed by atoms with van der Waals surface area (Å²) in [5, 5.41) is 1.38. The number of aromatic nitrogens is 3. The molecule has 0 spiro atoms. The van der Waals surface area contributed by atoms with Crippen LogP contribution in [0, 0.1) is 0 Å². The van der Waals surface area contributed by atoms with Crippen molar-refractivity contribution < 1.29 is 0 Å². The van der Waals surface area contributed by atoms with E-state index >= 15 is 0 Å². The minimum Gasteiger partial charge on any atom is -0.231 e. The van der Waals surface area contributed by atoms with Gasteiger partial charge in [0.2, 0.25) is 0 Å². The van der Waals surface area contributed by atoms with Crippen LogP contribution in [0.4, 0.5) is 0 Å². The SMILES string of the molecule is CSc1nccc(-c2sc(Cl)nc2-c2cccc(Cl)c2)n1. The van der Waals surface area contributed by atoms with Gasteiger partial charge in [-0.3, -0.25) is 0 Å². The number of benzene rings is 1. The zero-order valence-corrected chi connectivity index (χ0v) is 14.0. The van der Waals surface area contributed by atoms with Crippen LogP contribution in [0.15, 0.2) is 41.7 Å². The van der Waals surface area contributed by atoms with Crippen LogP contribution in [0.25, 0.3) is 21.8 Å². The molecule has 0 atom stereocenters. The van der Waals surface area contributed by atoms with Crippen molar-refractivity contribution in [2.45, 2.75) is 5.16 Å². The predicted molar refractivity (Wildman–Crippen MR) is 90.4 cm³/mol. The molecule has 7 heteroatoms. The molecule has 0 unspecified atom stereocenters. The molecule has 106 valence electrons. The van der Waals surface area contributed by atoms with Crippen LogP contribution in [0.3, 0.4) is 0 Å². The van der Waals surface area contributed by atoms with Crippen molar-refractivity contribution in [2.75, 3.05) is 6.26 Å². The van der Waals surface area contributed by atoms with Crippen LogP contribution in [0.5, 0.6) is 0 Å². The molecule has 0 aliphatic carbocycles. The van der Waals surface area contributed by atoms with Gasteiger partial charge in [-0.2, -0.15) is 0 Å². The molecular weight excluding hydrogens is 345 g/mol. The first-order chi connectivity index (χ1) is 10.2. The van der Waals surface area contributed by atoms with E-state index in [1.165, 1.54) is 23.1 Å². The Morgan fingerprint density at radius 1 is 1.14 bits per heavy atom. The number of nitrogens with zero attached hydrogens (tertiary/aromatic N) is 3. The minimum atomic E-state index is 0.476. The maximum absolute atomic E-state index is 6.10. The fraction of sp³-hybridized carbons (Fsp3) is 0.0714. The lowest BCUT2D eigenvalue weighted by molar-refractivity contribution is 0.978. The normalized spacial score (nSPS) is 10.8. The summed E-state index contributed by atoms with van der Waals surface area (Å²) in [6.07, 6.45) is 3.68. The van der Waals surface area contributed by atoms with Gasteiger partial charge in [0.1, 0.15) is 0 Å². The third-order valence-electron chi connectivity index (χ3n) is 2.75. The van der Waals surface area contributed by atoms with Gasteiger partial charge in [-0.15, -0.1) is 11.3 Å². The second-order valence-electron chi connectivity index (χ2n) is 4.08. The minimum absolute atomic E-state index is 0.476. The average molecular weight is 354 g/mol. The molecule has 21 heavy (non-hydrogen) atoms. The van der Waals surface area contributed by atoms with Gasteiger partial charge in [0, 0.05) is 16.8 Å². The van der Waals surface area contributed by atoms with Crippen LogP contribution in [0.2, 0.25) is 9.49 Å². The van der Waals surface area contributed by atoms with Crippen molar-refractivity contribution in [3.63, 3.8) is 0 Å². The highest BCUT2D eigenvalue weighted by molar-refractivity contribution is 7.98. The van der Waals surface area contributed by atoms with E-state index in [1.54, 1.807) is 6.20 Å². The monoisotopic (exact) mass is 353 g/mol. The third-order valence-corrected chi connectivity index (χ3v) is 4.73. The first-order valence-corrected chi connectivity index (χ1v) is 8.77. The molecule has 3 rings (SSSR count). The fourth-order valence-corrected chi connectivity index (χ4v) is 3.51. The molecule has 2 heterocycles. The van der Waals surface area contributed by atoms with Crippen LogP contribution >= 0.6 is 46.3 Å². The summed E-state index contributed by atoms with van der Waals surface area (Å²) < 4.78 is 0.476. The molecule has 0 N–H and O–H groups in total. The Kier molecular flexibility index (Phi) is 4.45. The molecule has 3 aromatic rings. The molecule has 3 nitrogen and oxygen atoms in total. The summed E-state index contributed by atoms with van der Waals surface area (Å²) in [6.45, 7) is 0. The zero-order valence-electron chi connectivity index (χ0n) is 10.9. The van der Waals surface area contributed by atoms with Crippen molar-refractivity contribution >= 4 is 46.3 Å². The van der Waals surface area contributed by atoms with Crippen LogP contribution in [-0.4, -0.2) is 21.2 Å². The average Bonchev–Trinajstić information content (AvgIpc) is 2.89. The number of thioether (sulfide) groups is 1. The Labute approximate surface area is 140 Å². The lowest BCUT2D eigenvalue weighted by Gasteiger charge is -2.03. The van der Waals surface area contributed by atoms with E-state index in [0.29, 0.717) is 14.6 Å². The number of rotatable bonds is 3. The van der Waals surface area contributed by atoms with Gasteiger partial charge in [-0.05, 0) is 24.5 Å². The summed E-state index contributed by atoms with van der Waals surface area (Å²) in [7, 11) is 0. The van der Waals surface area contributed by atoms with Crippen molar-refractivity contribution in [3.05, 3.63) is 46.0 Å². The van der Waals surface area contributed by atoms with E-state index < -0.39 is 0 Å².